The fourth-order valence-corrected chi connectivity index (χ4v) is 3.44. The maximum absolute atomic E-state index is 13.4. The van der Waals surface area contributed by atoms with Gasteiger partial charge in [0.15, 0.2) is 0 Å². The summed E-state index contributed by atoms with van der Waals surface area (Å²) in [6.07, 6.45) is 0.490. The van der Waals surface area contributed by atoms with Crippen LogP contribution in [0, 0.1) is 11.6 Å². The van der Waals surface area contributed by atoms with E-state index in [0.29, 0.717) is 12.1 Å². The first-order valence-corrected chi connectivity index (χ1v) is 9.73. The molecule has 1 aliphatic heterocycles. The third kappa shape index (κ3) is 4.35. The molecule has 4 nitrogen and oxygen atoms in total. The number of nitrogens with one attached hydrogen (secondary N) is 1. The summed E-state index contributed by atoms with van der Waals surface area (Å²) < 4.78 is 27.4. The molecule has 0 aromatic heterocycles. The van der Waals surface area contributed by atoms with Crippen molar-refractivity contribution in [3.05, 3.63) is 100 Å². The van der Waals surface area contributed by atoms with Crippen molar-refractivity contribution in [1.29, 1.82) is 0 Å². The van der Waals surface area contributed by atoms with Crippen LogP contribution in [0.1, 0.15) is 23.6 Å². The van der Waals surface area contributed by atoms with E-state index in [1.807, 2.05) is 24.3 Å². The van der Waals surface area contributed by atoms with Crippen molar-refractivity contribution < 1.29 is 13.6 Å². The Labute approximate surface area is 175 Å². The van der Waals surface area contributed by atoms with Crippen LogP contribution in [0.4, 0.5) is 19.3 Å². The Balaban J connectivity index is 1.64. The molecule has 0 spiro atoms. The van der Waals surface area contributed by atoms with Gasteiger partial charge in [0.2, 0.25) is 0 Å². The van der Waals surface area contributed by atoms with Crippen molar-refractivity contribution >= 4 is 33.4 Å². The Bertz CT molecular complexity index is 1050. The second kappa shape index (κ2) is 8.13. The van der Waals surface area contributed by atoms with Gasteiger partial charge in [0, 0.05) is 16.6 Å². The Morgan fingerprint density at radius 2 is 1.52 bits per heavy atom. The molecule has 0 bridgehead atoms. The summed E-state index contributed by atoms with van der Waals surface area (Å²) in [6, 6.07) is 18.4. The number of amides is 2. The molecule has 0 radical (unpaired) electrons. The Hall–Kier alpha value is -3.06. The molecule has 2 amide bonds. The highest BCUT2D eigenvalue weighted by Crippen LogP contribution is 2.33. The van der Waals surface area contributed by atoms with Gasteiger partial charge in [0.05, 0.1) is 11.8 Å². The van der Waals surface area contributed by atoms with Gasteiger partial charge in [-0.05, 0) is 59.7 Å². The second-order valence-electron chi connectivity index (χ2n) is 6.61. The maximum Gasteiger partial charge on any atom is 0.342 e. The fraction of sp³-hybridized carbons (Fsp3) is 0.0909. The molecule has 7 heteroatoms. The minimum atomic E-state index is -0.446. The first-order chi connectivity index (χ1) is 14.0. The fourth-order valence-electron chi connectivity index (χ4n) is 3.17. The second-order valence-corrected chi connectivity index (χ2v) is 7.52. The molecule has 0 saturated heterocycles. The van der Waals surface area contributed by atoms with Crippen LogP contribution in [0.3, 0.4) is 0 Å². The van der Waals surface area contributed by atoms with E-state index in [4.69, 9.17) is 0 Å². The Morgan fingerprint density at radius 1 is 0.931 bits per heavy atom. The molecule has 1 unspecified atom stereocenters. The van der Waals surface area contributed by atoms with Crippen LogP contribution in [0.5, 0.6) is 0 Å². The van der Waals surface area contributed by atoms with Crippen molar-refractivity contribution in [3.63, 3.8) is 0 Å². The van der Waals surface area contributed by atoms with Gasteiger partial charge < -0.3 is 5.32 Å². The van der Waals surface area contributed by atoms with E-state index >= 15 is 0 Å². The van der Waals surface area contributed by atoms with E-state index in [1.165, 1.54) is 41.4 Å². The molecule has 0 aliphatic carbocycles. The Kier molecular flexibility index (Phi) is 5.40. The summed E-state index contributed by atoms with van der Waals surface area (Å²) in [7, 11) is 0. The van der Waals surface area contributed by atoms with Gasteiger partial charge in [0.25, 0.3) is 0 Å². The van der Waals surface area contributed by atoms with Gasteiger partial charge in [-0.1, -0.05) is 40.2 Å². The number of nitrogens with zero attached hydrogens (tertiary/aromatic N) is 2. The van der Waals surface area contributed by atoms with Crippen LogP contribution in [-0.4, -0.2) is 16.8 Å². The smallest absolute Gasteiger partial charge is 0.306 e. The summed E-state index contributed by atoms with van der Waals surface area (Å²) >= 11 is 3.41. The zero-order valence-corrected chi connectivity index (χ0v) is 16.7. The lowest BCUT2D eigenvalue weighted by Crippen LogP contribution is -2.31. The quantitative estimate of drug-likeness (QED) is 0.508. The lowest BCUT2D eigenvalue weighted by atomic mass is 9.98. The summed E-state index contributed by atoms with van der Waals surface area (Å²) in [4.78, 5) is 12.9. The molecule has 1 aliphatic rings. The predicted octanol–water partition coefficient (Wildman–Crippen LogP) is 6.11. The molecule has 0 saturated carbocycles. The van der Waals surface area contributed by atoms with Gasteiger partial charge in [-0.2, -0.15) is 5.10 Å². The summed E-state index contributed by atoms with van der Waals surface area (Å²) in [6.45, 7) is 0. The van der Waals surface area contributed by atoms with Crippen molar-refractivity contribution in [2.45, 2.75) is 12.5 Å². The highest BCUT2D eigenvalue weighted by atomic mass is 79.9. The van der Waals surface area contributed by atoms with Crippen LogP contribution in [0.2, 0.25) is 0 Å². The van der Waals surface area contributed by atoms with Gasteiger partial charge in [-0.15, -0.1) is 0 Å². The average molecular weight is 456 g/mol. The zero-order valence-electron chi connectivity index (χ0n) is 15.1. The van der Waals surface area contributed by atoms with Gasteiger partial charge in [0.1, 0.15) is 11.6 Å². The number of anilines is 1. The molecule has 1 atom stereocenters. The van der Waals surface area contributed by atoms with Crippen LogP contribution >= 0.6 is 15.9 Å². The molecular weight excluding hydrogens is 440 g/mol. The van der Waals surface area contributed by atoms with Crippen LogP contribution < -0.4 is 5.32 Å². The number of hydrogen-bond donors (Lipinski definition) is 1. The van der Waals surface area contributed by atoms with Crippen LogP contribution in [0.15, 0.2) is 82.4 Å². The lowest BCUT2D eigenvalue weighted by Gasteiger charge is -2.22. The predicted molar refractivity (Wildman–Crippen MR) is 112 cm³/mol. The summed E-state index contributed by atoms with van der Waals surface area (Å²) in [5, 5.41) is 8.63. The summed E-state index contributed by atoms with van der Waals surface area (Å²) in [5.74, 6) is -0.730. The first kappa shape index (κ1) is 19.3. The maximum atomic E-state index is 13.4. The minimum Gasteiger partial charge on any atom is -0.306 e. The van der Waals surface area contributed by atoms with Crippen LogP contribution in [0.25, 0.3) is 0 Å². The highest BCUT2D eigenvalue weighted by Gasteiger charge is 2.33. The Morgan fingerprint density at radius 3 is 2.14 bits per heavy atom. The van der Waals surface area contributed by atoms with Crippen molar-refractivity contribution in [2.24, 2.45) is 5.10 Å². The van der Waals surface area contributed by atoms with E-state index in [-0.39, 0.29) is 17.7 Å². The SMILES string of the molecule is O=C(Nc1ccc(F)cc1)N1N=C(c2ccc(Br)cc2)CC1c1ccc(F)cc1. The molecule has 29 heavy (non-hydrogen) atoms. The van der Waals surface area contributed by atoms with E-state index in [0.717, 1.165) is 21.3 Å². The first-order valence-electron chi connectivity index (χ1n) is 8.94. The number of carbonyl (C=O) groups excluding carboxylic acids is 1. The number of halogens is 3. The zero-order chi connectivity index (χ0) is 20.4. The molecule has 3 aromatic rings. The van der Waals surface area contributed by atoms with E-state index in [2.05, 4.69) is 26.3 Å². The lowest BCUT2D eigenvalue weighted by molar-refractivity contribution is 0.200. The molecule has 146 valence electrons. The molecule has 4 rings (SSSR count). The number of carbonyl (C=O) groups is 1. The van der Waals surface area contributed by atoms with Gasteiger partial charge in [-0.3, -0.25) is 0 Å². The topological polar surface area (TPSA) is 44.7 Å². The van der Waals surface area contributed by atoms with Gasteiger partial charge >= 0.3 is 6.03 Å². The van der Waals surface area contributed by atoms with Crippen LogP contribution in [-0.2, 0) is 0 Å². The highest BCUT2D eigenvalue weighted by molar-refractivity contribution is 9.10. The van der Waals surface area contributed by atoms with E-state index in [1.54, 1.807) is 12.1 Å². The average Bonchev–Trinajstić information content (AvgIpc) is 3.16. The minimum absolute atomic E-state index is 0.344. The van der Waals surface area contributed by atoms with Crippen molar-refractivity contribution in [1.82, 2.24) is 5.01 Å². The summed E-state index contributed by atoms with van der Waals surface area (Å²) in [5.41, 5.74) is 2.89. The third-order valence-electron chi connectivity index (χ3n) is 4.65. The largest absolute Gasteiger partial charge is 0.342 e. The number of urea groups is 1. The molecule has 1 heterocycles. The molecular formula is C22H16BrF2N3O. The number of hydrogen-bond acceptors (Lipinski definition) is 2. The molecule has 1 N–H and O–H groups in total. The number of benzene rings is 3. The van der Waals surface area contributed by atoms with Crippen molar-refractivity contribution in [3.8, 4) is 0 Å². The van der Waals surface area contributed by atoms with E-state index in [9.17, 15) is 13.6 Å². The normalized spacial score (nSPS) is 15.9. The third-order valence-corrected chi connectivity index (χ3v) is 5.17. The number of hydrazone groups is 1. The van der Waals surface area contributed by atoms with Crippen molar-refractivity contribution in [2.75, 3.05) is 5.32 Å². The monoisotopic (exact) mass is 455 g/mol. The molecule has 3 aromatic carbocycles. The van der Waals surface area contributed by atoms with Gasteiger partial charge in [-0.25, -0.2) is 18.6 Å². The number of rotatable bonds is 3. The molecule has 0 fully saturated rings. The standard InChI is InChI=1S/C22H16BrF2N3O/c23-16-5-1-14(2-6-16)20-13-21(15-3-7-17(24)8-4-15)28(27-20)22(29)26-19-11-9-18(25)10-12-19/h1-12,21H,13H2,(H,26,29). The van der Waals surface area contributed by atoms with E-state index < -0.39 is 6.03 Å².